The summed E-state index contributed by atoms with van der Waals surface area (Å²) in [6.45, 7) is 6.96. The molecule has 60 heavy (non-hydrogen) atoms. The molecule has 0 unspecified atom stereocenters. The number of thioether (sulfide) groups is 2. The van der Waals surface area contributed by atoms with Crippen molar-refractivity contribution < 1.29 is 57.1 Å². The minimum absolute atomic E-state index is 0. The number of aromatic nitrogens is 2. The van der Waals surface area contributed by atoms with Crippen LogP contribution in [0.4, 0.5) is 0 Å². The lowest BCUT2D eigenvalue weighted by Gasteiger charge is -2.04. The summed E-state index contributed by atoms with van der Waals surface area (Å²) < 4.78 is 4.78. The van der Waals surface area contributed by atoms with Gasteiger partial charge >= 0.3 is 0 Å². The van der Waals surface area contributed by atoms with Crippen molar-refractivity contribution in [1.82, 2.24) is 0 Å². The molecular weight excluding hydrogens is 995 g/mol. The van der Waals surface area contributed by atoms with Gasteiger partial charge in [-0.2, -0.15) is 0 Å². The maximum Gasteiger partial charge on any atom is 0.169 e. The lowest BCUT2D eigenvalue weighted by Crippen LogP contribution is -3.00. The molecule has 0 radical (unpaired) electrons. The number of pyridine rings is 2. The molecule has 2 aromatic rings. The summed E-state index contributed by atoms with van der Waals surface area (Å²) in [6.07, 6.45) is 63.4. The number of unbranched alkanes of at least 4 members (excludes halogenated alkanes) is 35. The first-order valence-corrected chi connectivity index (χ1v) is 28.0. The van der Waals surface area contributed by atoms with Gasteiger partial charge < -0.3 is 48.0 Å². The molecule has 0 aromatic carbocycles. The number of hydrogen-bond acceptors (Lipinski definition) is 2. The highest BCUT2D eigenvalue weighted by molar-refractivity contribution is 7.99. The maximum absolute atomic E-state index is 2.39. The number of aryl methyl sites for hydroxylation is 2. The summed E-state index contributed by atoms with van der Waals surface area (Å²) in [6, 6.07) is 9.35. The van der Waals surface area contributed by atoms with Crippen molar-refractivity contribution in [3.05, 3.63) is 49.1 Å². The lowest BCUT2D eigenvalue weighted by atomic mass is 10.0. The van der Waals surface area contributed by atoms with Crippen LogP contribution in [0.5, 0.6) is 0 Å². The van der Waals surface area contributed by atoms with Gasteiger partial charge in [-0.25, -0.2) is 9.13 Å². The van der Waals surface area contributed by atoms with E-state index in [1.165, 1.54) is 278 Å². The van der Waals surface area contributed by atoms with Gasteiger partial charge in [0, 0.05) is 46.9 Å². The Morgan fingerprint density at radius 3 is 0.717 bits per heavy atom. The first kappa shape index (κ1) is 60.5. The zero-order valence-electron chi connectivity index (χ0n) is 39.8. The Morgan fingerprint density at radius 1 is 0.283 bits per heavy atom. The van der Waals surface area contributed by atoms with Crippen molar-refractivity contribution in [2.75, 3.05) is 11.5 Å². The average Bonchev–Trinajstić information content (AvgIpc) is 3.25. The van der Waals surface area contributed by atoms with Crippen LogP contribution in [0, 0.1) is 0 Å². The fraction of sp³-hybridized carbons (Fsp3) is 0.815. The normalized spacial score (nSPS) is 11.2. The molecule has 0 aliphatic rings. The van der Waals surface area contributed by atoms with Gasteiger partial charge in [0.1, 0.15) is 13.1 Å². The van der Waals surface area contributed by atoms with Gasteiger partial charge in [-0.3, -0.25) is 0 Å². The molecule has 0 saturated heterocycles. The third-order valence-corrected chi connectivity index (χ3v) is 14.5. The van der Waals surface area contributed by atoms with Crippen LogP contribution in [-0.4, -0.2) is 11.5 Å². The molecule has 0 aliphatic heterocycles. The predicted octanol–water partition coefficient (Wildman–Crippen LogP) is 12.0. The molecule has 0 spiro atoms. The SMILES string of the molecule is CCCCCCCCCCCCCCCCCC[n+]1ccc(SCCCCCCCCSc2cc[n+](CCCCCCCCCCCCCCCCCC)cc2)cc1.[I-].[I-]. The minimum Gasteiger partial charge on any atom is -1.00 e. The van der Waals surface area contributed by atoms with E-state index in [0.29, 0.717) is 0 Å². The first-order chi connectivity index (χ1) is 28.8. The van der Waals surface area contributed by atoms with Gasteiger partial charge in [0.25, 0.3) is 0 Å². The van der Waals surface area contributed by atoms with E-state index >= 15 is 0 Å². The Bertz CT molecular complexity index is 1010. The van der Waals surface area contributed by atoms with Crippen molar-refractivity contribution in [3.63, 3.8) is 0 Å². The van der Waals surface area contributed by atoms with Crippen molar-refractivity contribution in [1.29, 1.82) is 0 Å². The highest BCUT2D eigenvalue weighted by atomic mass is 127. The fourth-order valence-electron chi connectivity index (χ4n) is 8.35. The van der Waals surface area contributed by atoms with Crippen molar-refractivity contribution in [2.45, 2.75) is 281 Å². The van der Waals surface area contributed by atoms with Gasteiger partial charge in [-0.05, 0) is 37.2 Å². The second-order valence-electron chi connectivity index (χ2n) is 18.0. The fourth-order valence-corrected chi connectivity index (χ4v) is 10.2. The van der Waals surface area contributed by atoms with Crippen LogP contribution >= 0.6 is 23.5 Å². The highest BCUT2D eigenvalue weighted by Gasteiger charge is 2.05. The number of rotatable bonds is 45. The Kier molecular flexibility index (Phi) is 49.3. The molecule has 0 aliphatic carbocycles. The quantitative estimate of drug-likeness (QED) is 0.0283. The molecule has 2 rings (SSSR count). The van der Waals surface area contributed by atoms with E-state index in [4.69, 9.17) is 0 Å². The maximum atomic E-state index is 2.39. The summed E-state index contributed by atoms with van der Waals surface area (Å²) in [7, 11) is 0. The molecule has 2 nitrogen and oxygen atoms in total. The van der Waals surface area contributed by atoms with E-state index in [-0.39, 0.29) is 48.0 Å². The predicted molar refractivity (Wildman–Crippen MR) is 262 cm³/mol. The monoisotopic (exact) mass is 1090 g/mol. The Hall–Kier alpha value is 0.460. The molecule has 0 amide bonds. The zero-order valence-corrected chi connectivity index (χ0v) is 45.7. The minimum atomic E-state index is 0. The molecule has 0 fully saturated rings. The summed E-state index contributed by atoms with van der Waals surface area (Å²) in [5.41, 5.74) is 0. The van der Waals surface area contributed by atoms with Crippen molar-refractivity contribution in [3.8, 4) is 0 Å². The van der Waals surface area contributed by atoms with Gasteiger partial charge in [0.05, 0.1) is 0 Å². The molecular formula is C54H98I2N2S2. The number of nitrogens with zero attached hydrogens (tertiary/aromatic N) is 2. The smallest absolute Gasteiger partial charge is 0.169 e. The van der Waals surface area contributed by atoms with E-state index in [1.807, 2.05) is 23.5 Å². The van der Waals surface area contributed by atoms with E-state index in [2.05, 4.69) is 72.0 Å². The van der Waals surface area contributed by atoms with Crippen LogP contribution in [0.15, 0.2) is 58.8 Å². The molecule has 0 saturated carbocycles. The van der Waals surface area contributed by atoms with Crippen LogP contribution in [0.3, 0.4) is 0 Å². The van der Waals surface area contributed by atoms with Crippen LogP contribution in [0.1, 0.15) is 258 Å². The molecule has 2 heterocycles. The number of halogens is 2. The second kappa shape index (κ2) is 48.9. The molecule has 0 N–H and O–H groups in total. The van der Waals surface area contributed by atoms with Gasteiger partial charge in [0.15, 0.2) is 24.8 Å². The third kappa shape index (κ3) is 40.0. The standard InChI is InChI=1S/C54H98N2S2.2HI/c1-3-5-7-9-11-13-15-17-19-21-23-25-27-29-33-37-45-55-47-41-53(42-48-55)57-51-39-35-31-32-36-40-52-58-54-43-49-56(50-44-54)46-38-34-30-28-26-24-22-20-18-16-14-12-10-8-6-4-2;;/h41-44,47-50H,3-40,45-46,51-52H2,1-2H3;2*1H/q+2;;/p-2. The van der Waals surface area contributed by atoms with Gasteiger partial charge in [-0.1, -0.05) is 219 Å². The molecule has 2 aromatic heterocycles. The van der Waals surface area contributed by atoms with Gasteiger partial charge in [0.2, 0.25) is 0 Å². The molecule has 350 valence electrons. The largest absolute Gasteiger partial charge is 1.00 e. The summed E-state index contributed by atoms with van der Waals surface area (Å²) in [5, 5.41) is 0. The summed E-state index contributed by atoms with van der Waals surface area (Å²) >= 11 is 4.09. The van der Waals surface area contributed by atoms with Crippen LogP contribution < -0.4 is 57.1 Å². The second-order valence-corrected chi connectivity index (χ2v) is 20.3. The van der Waals surface area contributed by atoms with Gasteiger partial charge in [-0.15, -0.1) is 23.5 Å². The van der Waals surface area contributed by atoms with Crippen molar-refractivity contribution in [2.24, 2.45) is 0 Å². The van der Waals surface area contributed by atoms with E-state index < -0.39 is 0 Å². The van der Waals surface area contributed by atoms with Crippen molar-refractivity contribution >= 4 is 23.5 Å². The molecule has 0 bridgehead atoms. The first-order valence-electron chi connectivity index (χ1n) is 26.1. The molecule has 6 heteroatoms. The van der Waals surface area contributed by atoms with Crippen LogP contribution in [0.25, 0.3) is 0 Å². The summed E-state index contributed by atoms with van der Waals surface area (Å²) in [4.78, 5) is 2.87. The number of hydrogen-bond donors (Lipinski definition) is 0. The topological polar surface area (TPSA) is 7.76 Å². The third-order valence-electron chi connectivity index (χ3n) is 12.3. The lowest BCUT2D eigenvalue weighted by molar-refractivity contribution is -0.697. The van der Waals surface area contributed by atoms with E-state index in [9.17, 15) is 0 Å². The van der Waals surface area contributed by atoms with Crippen LogP contribution in [0.2, 0.25) is 0 Å². The molecule has 0 atom stereocenters. The zero-order chi connectivity index (χ0) is 41.1. The van der Waals surface area contributed by atoms with E-state index in [1.54, 1.807) is 0 Å². The Morgan fingerprint density at radius 2 is 0.483 bits per heavy atom. The van der Waals surface area contributed by atoms with Crippen LogP contribution in [-0.2, 0) is 13.1 Å². The van der Waals surface area contributed by atoms with E-state index in [0.717, 1.165) is 0 Å². The summed E-state index contributed by atoms with van der Waals surface area (Å²) in [5.74, 6) is 2.51. The Balaban J connectivity index is 0.0000174. The average molecular weight is 1090 g/mol. The highest BCUT2D eigenvalue weighted by Crippen LogP contribution is 2.21. The Labute approximate surface area is 418 Å².